The summed E-state index contributed by atoms with van der Waals surface area (Å²) in [5.74, 6) is -1.22. The Morgan fingerprint density at radius 3 is 2.40 bits per heavy atom. The maximum atomic E-state index is 12.5. The monoisotopic (exact) mass is 341 g/mol. The molecular formula is C18H19N3O4. The van der Waals surface area contributed by atoms with E-state index in [4.69, 9.17) is 0 Å². The lowest BCUT2D eigenvalue weighted by Gasteiger charge is -2.25. The van der Waals surface area contributed by atoms with Crippen LogP contribution in [-0.2, 0) is 14.4 Å². The van der Waals surface area contributed by atoms with E-state index in [-0.39, 0.29) is 30.2 Å². The third-order valence-corrected chi connectivity index (χ3v) is 4.29. The van der Waals surface area contributed by atoms with Crippen molar-refractivity contribution in [2.24, 2.45) is 0 Å². The number of hydrogen-bond acceptors (Lipinski definition) is 4. The summed E-state index contributed by atoms with van der Waals surface area (Å²) in [7, 11) is 1.56. The van der Waals surface area contributed by atoms with Crippen LogP contribution in [0.25, 0.3) is 6.08 Å². The summed E-state index contributed by atoms with van der Waals surface area (Å²) >= 11 is 0. The molecule has 0 radical (unpaired) electrons. The number of nitrogens with one attached hydrogen (secondary N) is 2. The largest absolute Gasteiger partial charge is 0.355 e. The molecule has 2 aliphatic rings. The fraction of sp³-hybridized carbons (Fsp3) is 0.333. The molecule has 0 spiro atoms. The zero-order chi connectivity index (χ0) is 18.0. The van der Waals surface area contributed by atoms with Crippen LogP contribution in [0.1, 0.15) is 35.2 Å². The smallest absolute Gasteiger partial charge is 0.251 e. The van der Waals surface area contributed by atoms with Crippen LogP contribution in [0.3, 0.4) is 0 Å². The normalized spacial score (nSPS) is 19.8. The molecule has 0 unspecified atom stereocenters. The molecule has 1 saturated carbocycles. The van der Waals surface area contributed by atoms with Gasteiger partial charge in [-0.1, -0.05) is 12.1 Å². The summed E-state index contributed by atoms with van der Waals surface area (Å²) < 4.78 is 0. The zero-order valence-electron chi connectivity index (χ0n) is 13.8. The van der Waals surface area contributed by atoms with Gasteiger partial charge in [0, 0.05) is 24.7 Å². The van der Waals surface area contributed by atoms with Crippen molar-refractivity contribution in [3.63, 3.8) is 0 Å². The van der Waals surface area contributed by atoms with E-state index in [1.807, 2.05) is 0 Å². The van der Waals surface area contributed by atoms with Gasteiger partial charge in [-0.05, 0) is 36.6 Å². The number of carbonyl (C=O) groups is 4. The van der Waals surface area contributed by atoms with Crippen molar-refractivity contribution in [2.45, 2.75) is 31.3 Å². The van der Waals surface area contributed by atoms with Crippen molar-refractivity contribution < 1.29 is 19.2 Å². The Bertz CT molecular complexity index is 750. The first kappa shape index (κ1) is 16.9. The molecule has 1 heterocycles. The van der Waals surface area contributed by atoms with Crippen molar-refractivity contribution in [3.05, 3.63) is 41.5 Å². The highest BCUT2D eigenvalue weighted by atomic mass is 16.2. The summed E-state index contributed by atoms with van der Waals surface area (Å²) in [6, 6.07) is 6.13. The average Bonchev–Trinajstić information content (AvgIpc) is 3.38. The quantitative estimate of drug-likeness (QED) is 0.601. The van der Waals surface area contributed by atoms with Crippen molar-refractivity contribution in [3.8, 4) is 0 Å². The number of imide groups is 1. The molecule has 2 fully saturated rings. The lowest BCUT2D eigenvalue weighted by atomic mass is 10.1. The predicted molar refractivity (Wildman–Crippen MR) is 90.3 cm³/mol. The summed E-state index contributed by atoms with van der Waals surface area (Å²) in [6.07, 6.45) is 4.76. The van der Waals surface area contributed by atoms with E-state index >= 15 is 0 Å². The third-order valence-electron chi connectivity index (χ3n) is 4.29. The van der Waals surface area contributed by atoms with E-state index in [2.05, 4.69) is 10.6 Å². The minimum atomic E-state index is -0.715. The molecule has 1 aliphatic carbocycles. The Morgan fingerprint density at radius 2 is 1.88 bits per heavy atom. The van der Waals surface area contributed by atoms with Gasteiger partial charge in [0.05, 0.1) is 6.42 Å². The third kappa shape index (κ3) is 3.76. The van der Waals surface area contributed by atoms with Crippen LogP contribution in [0.4, 0.5) is 0 Å². The molecule has 4 amide bonds. The predicted octanol–water partition coefficient (Wildman–Crippen LogP) is 0.465. The van der Waals surface area contributed by atoms with E-state index in [9.17, 15) is 19.2 Å². The first-order valence-corrected chi connectivity index (χ1v) is 8.16. The topological polar surface area (TPSA) is 95.6 Å². The molecule has 25 heavy (non-hydrogen) atoms. The molecule has 0 bridgehead atoms. The molecule has 130 valence electrons. The van der Waals surface area contributed by atoms with Gasteiger partial charge >= 0.3 is 0 Å². The molecule has 1 aromatic rings. The van der Waals surface area contributed by atoms with Gasteiger partial charge in [0.15, 0.2) is 0 Å². The Kier molecular flexibility index (Phi) is 4.65. The Labute approximate surface area is 145 Å². The maximum Gasteiger partial charge on any atom is 0.251 e. The van der Waals surface area contributed by atoms with Crippen LogP contribution >= 0.6 is 0 Å². The van der Waals surface area contributed by atoms with E-state index in [0.717, 1.165) is 18.4 Å². The minimum Gasteiger partial charge on any atom is -0.355 e. The lowest BCUT2D eigenvalue weighted by molar-refractivity contribution is -0.135. The van der Waals surface area contributed by atoms with Crippen LogP contribution in [0.15, 0.2) is 30.3 Å². The Hall–Kier alpha value is -2.96. The van der Waals surface area contributed by atoms with Crippen LogP contribution < -0.4 is 10.6 Å². The second-order valence-electron chi connectivity index (χ2n) is 6.14. The van der Waals surface area contributed by atoms with Crippen LogP contribution in [-0.4, -0.2) is 47.7 Å². The lowest BCUT2D eigenvalue weighted by Crippen LogP contribution is -2.45. The molecule has 7 nitrogen and oxygen atoms in total. The minimum absolute atomic E-state index is 0.0226. The van der Waals surface area contributed by atoms with Gasteiger partial charge in [0.1, 0.15) is 6.04 Å². The molecule has 2 N–H and O–H groups in total. The van der Waals surface area contributed by atoms with Crippen molar-refractivity contribution >= 4 is 29.7 Å². The second kappa shape index (κ2) is 6.88. The highest BCUT2D eigenvalue weighted by Crippen LogP contribution is 2.31. The summed E-state index contributed by atoms with van der Waals surface area (Å²) in [4.78, 5) is 48.8. The first-order chi connectivity index (χ1) is 12.0. The van der Waals surface area contributed by atoms with Gasteiger partial charge in [-0.25, -0.2) is 0 Å². The van der Waals surface area contributed by atoms with Crippen LogP contribution in [0.2, 0.25) is 0 Å². The fourth-order valence-corrected chi connectivity index (χ4v) is 2.85. The van der Waals surface area contributed by atoms with E-state index in [1.165, 1.54) is 11.0 Å². The summed E-state index contributed by atoms with van der Waals surface area (Å²) in [6.45, 7) is 0. The molecule has 1 aromatic carbocycles. The second-order valence-corrected chi connectivity index (χ2v) is 6.14. The summed E-state index contributed by atoms with van der Waals surface area (Å²) in [5.41, 5.74) is 1.30. The van der Waals surface area contributed by atoms with E-state index < -0.39 is 11.9 Å². The average molecular weight is 341 g/mol. The SMILES string of the molecule is CNC(=O)c1ccc(/C=C/C(=O)N(C2CC2)[C@@H]2CC(=O)NC2=O)cc1. The Morgan fingerprint density at radius 1 is 1.20 bits per heavy atom. The highest BCUT2D eigenvalue weighted by Gasteiger charge is 2.43. The van der Waals surface area contributed by atoms with E-state index in [0.29, 0.717) is 5.56 Å². The number of hydrogen-bond donors (Lipinski definition) is 2. The number of benzene rings is 1. The fourth-order valence-electron chi connectivity index (χ4n) is 2.85. The summed E-state index contributed by atoms with van der Waals surface area (Å²) in [5, 5.41) is 4.79. The molecule has 1 atom stereocenters. The molecule has 1 aliphatic heterocycles. The molecule has 3 rings (SSSR count). The van der Waals surface area contributed by atoms with Gasteiger partial charge in [-0.3, -0.25) is 24.5 Å². The van der Waals surface area contributed by atoms with Gasteiger partial charge in [-0.2, -0.15) is 0 Å². The Balaban J connectivity index is 1.71. The highest BCUT2D eigenvalue weighted by molar-refractivity contribution is 6.08. The number of rotatable bonds is 5. The van der Waals surface area contributed by atoms with Crippen molar-refractivity contribution in [2.75, 3.05) is 7.05 Å². The first-order valence-electron chi connectivity index (χ1n) is 8.16. The van der Waals surface area contributed by atoms with Gasteiger partial charge in [0.2, 0.25) is 17.7 Å². The molecule has 1 saturated heterocycles. The number of amides is 4. The zero-order valence-corrected chi connectivity index (χ0v) is 13.8. The van der Waals surface area contributed by atoms with Gasteiger partial charge in [-0.15, -0.1) is 0 Å². The molecular weight excluding hydrogens is 322 g/mol. The van der Waals surface area contributed by atoms with Crippen molar-refractivity contribution in [1.29, 1.82) is 0 Å². The maximum absolute atomic E-state index is 12.5. The van der Waals surface area contributed by atoms with Gasteiger partial charge < -0.3 is 10.2 Å². The van der Waals surface area contributed by atoms with Crippen LogP contribution in [0, 0.1) is 0 Å². The number of carbonyl (C=O) groups excluding carboxylic acids is 4. The van der Waals surface area contributed by atoms with E-state index in [1.54, 1.807) is 37.4 Å². The van der Waals surface area contributed by atoms with Crippen molar-refractivity contribution in [1.82, 2.24) is 15.5 Å². The molecule has 0 aromatic heterocycles. The van der Waals surface area contributed by atoms with Gasteiger partial charge in [0.25, 0.3) is 5.91 Å². The standard InChI is InChI=1S/C18H19N3O4/c1-19-17(24)12-5-2-11(3-6-12)4-9-16(23)21(13-7-8-13)14-10-15(22)20-18(14)25/h2-6,9,13-14H,7-8,10H2,1H3,(H,19,24)(H,20,22,25)/b9-4+/t14-/m1/s1. The van der Waals surface area contributed by atoms with Crippen LogP contribution in [0.5, 0.6) is 0 Å². The molecule has 7 heteroatoms. The number of nitrogens with zero attached hydrogens (tertiary/aromatic N) is 1.